The van der Waals surface area contributed by atoms with Crippen LogP contribution in [0.15, 0.2) is 29.2 Å². The molecule has 0 aromatic heterocycles. The van der Waals surface area contributed by atoms with Gasteiger partial charge < -0.3 is 10.8 Å². The fourth-order valence-electron chi connectivity index (χ4n) is 1.68. The van der Waals surface area contributed by atoms with E-state index in [0.717, 1.165) is 5.56 Å². The van der Waals surface area contributed by atoms with Crippen molar-refractivity contribution >= 4 is 9.84 Å². The van der Waals surface area contributed by atoms with Crippen molar-refractivity contribution in [3.8, 4) is 0 Å². The van der Waals surface area contributed by atoms with E-state index in [1.165, 1.54) is 6.26 Å². The van der Waals surface area contributed by atoms with Gasteiger partial charge in [0.1, 0.15) is 0 Å². The van der Waals surface area contributed by atoms with Crippen LogP contribution in [0.2, 0.25) is 0 Å². The largest absolute Gasteiger partial charge is 0.392 e. The van der Waals surface area contributed by atoms with Gasteiger partial charge in [0.15, 0.2) is 9.84 Å². The van der Waals surface area contributed by atoms with Crippen LogP contribution in [-0.4, -0.2) is 32.4 Å². The lowest BCUT2D eigenvalue weighted by molar-refractivity contribution is 0.165. The predicted molar refractivity (Wildman–Crippen MR) is 67.6 cm³/mol. The molecule has 0 spiro atoms. The van der Waals surface area contributed by atoms with Crippen LogP contribution < -0.4 is 5.73 Å². The van der Waals surface area contributed by atoms with Crippen molar-refractivity contribution in [1.82, 2.24) is 0 Å². The van der Waals surface area contributed by atoms with Crippen molar-refractivity contribution in [2.45, 2.75) is 30.3 Å². The first-order valence-corrected chi connectivity index (χ1v) is 7.42. The average Bonchev–Trinajstić information content (AvgIpc) is 2.27. The molecule has 3 N–H and O–H groups in total. The SMILES string of the molecule is CC(CC(O)CN)c1ccc(S(C)(=O)=O)cc1. The first kappa shape index (κ1) is 14.2. The van der Waals surface area contributed by atoms with Crippen LogP contribution in [0.5, 0.6) is 0 Å². The quantitative estimate of drug-likeness (QED) is 0.821. The van der Waals surface area contributed by atoms with Crippen LogP contribution in [-0.2, 0) is 9.84 Å². The second kappa shape index (κ2) is 5.62. The standard InChI is InChI=1S/C12H19NO3S/c1-9(7-11(14)8-13)10-3-5-12(6-4-10)17(2,15)16/h3-6,9,11,14H,7-8,13H2,1-2H3. The van der Waals surface area contributed by atoms with Crippen LogP contribution in [0.1, 0.15) is 24.8 Å². The first-order valence-electron chi connectivity index (χ1n) is 5.52. The number of sulfone groups is 1. The summed E-state index contributed by atoms with van der Waals surface area (Å²) in [6.45, 7) is 2.22. The van der Waals surface area contributed by atoms with E-state index in [4.69, 9.17) is 5.73 Å². The van der Waals surface area contributed by atoms with Gasteiger partial charge in [0, 0.05) is 12.8 Å². The van der Waals surface area contributed by atoms with Crippen LogP contribution in [0.4, 0.5) is 0 Å². The van der Waals surface area contributed by atoms with Gasteiger partial charge >= 0.3 is 0 Å². The lowest BCUT2D eigenvalue weighted by Gasteiger charge is -2.15. The summed E-state index contributed by atoms with van der Waals surface area (Å²) in [5.41, 5.74) is 6.35. The molecule has 1 aromatic carbocycles. The average molecular weight is 257 g/mol. The summed E-state index contributed by atoms with van der Waals surface area (Å²) in [5, 5.41) is 9.45. The Bertz CT molecular complexity index is 453. The molecule has 1 rings (SSSR count). The molecule has 5 heteroatoms. The molecule has 0 amide bonds. The van der Waals surface area contributed by atoms with Gasteiger partial charge in [-0.25, -0.2) is 8.42 Å². The Balaban J connectivity index is 2.81. The minimum absolute atomic E-state index is 0.155. The summed E-state index contributed by atoms with van der Waals surface area (Å²) >= 11 is 0. The molecular weight excluding hydrogens is 238 g/mol. The Hall–Kier alpha value is -0.910. The molecule has 0 aliphatic rings. The third kappa shape index (κ3) is 4.11. The second-order valence-electron chi connectivity index (χ2n) is 4.37. The zero-order valence-electron chi connectivity index (χ0n) is 10.1. The van der Waals surface area contributed by atoms with Gasteiger partial charge in [-0.1, -0.05) is 19.1 Å². The molecule has 0 bridgehead atoms. The third-order valence-electron chi connectivity index (χ3n) is 2.77. The zero-order valence-corrected chi connectivity index (χ0v) is 10.9. The Kier molecular flexibility index (Phi) is 4.68. The van der Waals surface area contributed by atoms with Crippen molar-refractivity contribution in [2.24, 2.45) is 5.73 Å². The van der Waals surface area contributed by atoms with Crippen LogP contribution in [0.3, 0.4) is 0 Å². The molecule has 2 atom stereocenters. The number of benzene rings is 1. The van der Waals surface area contributed by atoms with Gasteiger partial charge in [-0.05, 0) is 30.0 Å². The number of aliphatic hydroxyl groups excluding tert-OH is 1. The van der Waals surface area contributed by atoms with E-state index in [1.807, 2.05) is 6.92 Å². The highest BCUT2D eigenvalue weighted by Gasteiger charge is 2.12. The molecule has 0 radical (unpaired) electrons. The van der Waals surface area contributed by atoms with Crippen LogP contribution >= 0.6 is 0 Å². The molecule has 96 valence electrons. The molecule has 0 saturated heterocycles. The predicted octanol–water partition coefficient (Wildman–Crippen LogP) is 0.903. The van der Waals surface area contributed by atoms with Gasteiger partial charge in [0.2, 0.25) is 0 Å². The van der Waals surface area contributed by atoms with E-state index in [0.29, 0.717) is 11.3 Å². The number of hydrogen-bond acceptors (Lipinski definition) is 4. The fraction of sp³-hybridized carbons (Fsp3) is 0.500. The molecule has 0 saturated carbocycles. The molecule has 17 heavy (non-hydrogen) atoms. The summed E-state index contributed by atoms with van der Waals surface area (Å²) in [6.07, 6.45) is 1.25. The lowest BCUT2D eigenvalue weighted by Crippen LogP contribution is -2.21. The van der Waals surface area contributed by atoms with Gasteiger partial charge in [-0.3, -0.25) is 0 Å². The molecule has 0 fully saturated rings. The van der Waals surface area contributed by atoms with Gasteiger partial charge in [-0.15, -0.1) is 0 Å². The van der Waals surface area contributed by atoms with E-state index in [1.54, 1.807) is 24.3 Å². The Morgan fingerprint density at radius 1 is 1.29 bits per heavy atom. The Morgan fingerprint density at radius 2 is 1.82 bits per heavy atom. The van der Waals surface area contributed by atoms with E-state index in [-0.39, 0.29) is 12.5 Å². The molecular formula is C12H19NO3S. The number of hydrogen-bond donors (Lipinski definition) is 2. The number of rotatable bonds is 5. The molecule has 0 aliphatic heterocycles. The van der Waals surface area contributed by atoms with E-state index < -0.39 is 15.9 Å². The first-order chi connectivity index (χ1) is 7.84. The maximum Gasteiger partial charge on any atom is 0.175 e. The lowest BCUT2D eigenvalue weighted by atomic mass is 9.95. The Labute approximate surface area is 102 Å². The number of nitrogens with two attached hydrogens (primary N) is 1. The van der Waals surface area contributed by atoms with Crippen molar-refractivity contribution in [2.75, 3.05) is 12.8 Å². The molecule has 4 nitrogen and oxygen atoms in total. The molecule has 2 unspecified atom stereocenters. The van der Waals surface area contributed by atoms with Crippen LogP contribution in [0, 0.1) is 0 Å². The maximum absolute atomic E-state index is 11.3. The molecule has 0 heterocycles. The maximum atomic E-state index is 11.3. The highest BCUT2D eigenvalue weighted by molar-refractivity contribution is 7.90. The minimum atomic E-state index is -3.14. The summed E-state index contributed by atoms with van der Waals surface area (Å²) in [5.74, 6) is 0.155. The highest BCUT2D eigenvalue weighted by atomic mass is 32.2. The topological polar surface area (TPSA) is 80.4 Å². The van der Waals surface area contributed by atoms with Gasteiger partial charge in [0.05, 0.1) is 11.0 Å². The summed E-state index contributed by atoms with van der Waals surface area (Å²) in [7, 11) is -3.14. The van der Waals surface area contributed by atoms with Crippen molar-refractivity contribution in [3.05, 3.63) is 29.8 Å². The van der Waals surface area contributed by atoms with Crippen molar-refractivity contribution < 1.29 is 13.5 Å². The Morgan fingerprint density at radius 3 is 2.24 bits per heavy atom. The molecule has 0 aliphatic carbocycles. The minimum Gasteiger partial charge on any atom is -0.392 e. The normalized spacial score (nSPS) is 15.5. The smallest absolute Gasteiger partial charge is 0.175 e. The zero-order chi connectivity index (χ0) is 13.1. The summed E-state index contributed by atoms with van der Waals surface area (Å²) in [4.78, 5) is 0.313. The van der Waals surface area contributed by atoms with Crippen LogP contribution in [0.25, 0.3) is 0 Å². The van der Waals surface area contributed by atoms with E-state index in [9.17, 15) is 13.5 Å². The highest BCUT2D eigenvalue weighted by Crippen LogP contribution is 2.22. The van der Waals surface area contributed by atoms with E-state index in [2.05, 4.69) is 0 Å². The van der Waals surface area contributed by atoms with E-state index >= 15 is 0 Å². The molecule has 1 aromatic rings. The van der Waals surface area contributed by atoms with Gasteiger partial charge in [-0.2, -0.15) is 0 Å². The van der Waals surface area contributed by atoms with Crippen molar-refractivity contribution in [3.63, 3.8) is 0 Å². The second-order valence-corrected chi connectivity index (χ2v) is 6.38. The fourth-order valence-corrected chi connectivity index (χ4v) is 2.31. The third-order valence-corrected chi connectivity index (χ3v) is 3.90. The van der Waals surface area contributed by atoms with Crippen molar-refractivity contribution in [1.29, 1.82) is 0 Å². The monoisotopic (exact) mass is 257 g/mol. The summed E-state index contributed by atoms with van der Waals surface area (Å²) < 4.78 is 22.6. The number of aliphatic hydroxyl groups is 1. The van der Waals surface area contributed by atoms with Gasteiger partial charge in [0.25, 0.3) is 0 Å². The summed E-state index contributed by atoms with van der Waals surface area (Å²) in [6, 6.07) is 6.75.